The Balaban J connectivity index is 0.000000178. The molecule has 0 saturated carbocycles. The molecule has 24 nitrogen and oxygen atoms in total. The zero-order valence-electron chi connectivity index (χ0n) is 56.0. The van der Waals surface area contributed by atoms with Gasteiger partial charge in [0, 0.05) is 38.3 Å². The number of terminal acetylenes is 1. The first-order chi connectivity index (χ1) is 45.8. The average molecular weight is 1520 g/mol. The summed E-state index contributed by atoms with van der Waals surface area (Å²) in [6.45, 7) is 17.2. The van der Waals surface area contributed by atoms with E-state index in [2.05, 4.69) is 71.5 Å². The topological polar surface area (TPSA) is 248 Å². The number of piperidine rings is 4. The molecule has 10 heterocycles. The Labute approximate surface area is 638 Å². The van der Waals surface area contributed by atoms with E-state index in [0.29, 0.717) is 59.0 Å². The molecule has 8 bridgehead atoms. The first-order valence-electron chi connectivity index (χ1n) is 32.3. The number of hydrogen-bond acceptors (Lipinski definition) is 16. The van der Waals surface area contributed by atoms with Gasteiger partial charge in [-0.15, -0.1) is 12.0 Å². The van der Waals surface area contributed by atoms with Crippen molar-refractivity contribution in [2.24, 2.45) is 10.3 Å². The maximum atomic E-state index is 12.9. The van der Waals surface area contributed by atoms with Crippen molar-refractivity contribution in [3.8, 4) is 12.0 Å². The molecule has 2 N–H and O–H groups in total. The second-order valence-electron chi connectivity index (χ2n) is 26.5. The minimum absolute atomic E-state index is 0. The second kappa shape index (κ2) is 36.7. The molecular weight excluding hydrogens is 1430 g/mol. The van der Waals surface area contributed by atoms with Crippen molar-refractivity contribution >= 4 is 68.6 Å². The molecule has 29 heteroatoms. The zero-order valence-corrected chi connectivity index (χ0v) is 65.0. The molecule has 14 rings (SSSR count). The summed E-state index contributed by atoms with van der Waals surface area (Å²) in [5, 5.41) is 38.8. The second-order valence-corrected chi connectivity index (χ2v) is 36.7. The zero-order chi connectivity index (χ0) is 67.2. The van der Waals surface area contributed by atoms with Crippen LogP contribution in [-0.2, 0) is 45.8 Å². The minimum Gasteiger partial charge on any atom is -1.00 e. The van der Waals surface area contributed by atoms with E-state index in [0.717, 1.165) is 84.0 Å². The van der Waals surface area contributed by atoms with Crippen molar-refractivity contribution in [1.29, 1.82) is 0 Å². The third-order valence-corrected chi connectivity index (χ3v) is 20.5. The van der Waals surface area contributed by atoms with Crippen molar-refractivity contribution < 1.29 is 132 Å². The van der Waals surface area contributed by atoms with Crippen LogP contribution in [0.4, 0.5) is 19.2 Å². The normalized spacial score (nSPS) is 22.9. The molecule has 8 atom stereocenters. The number of urea groups is 4. The van der Waals surface area contributed by atoms with Crippen molar-refractivity contribution in [3.63, 3.8) is 0 Å². The molecule has 8 fully saturated rings. The maximum absolute atomic E-state index is 12.9. The number of amides is 8. The molecule has 8 saturated heterocycles. The van der Waals surface area contributed by atoms with Gasteiger partial charge in [-0.05, 0) is 73.6 Å². The Kier molecular flexibility index (Phi) is 29.5. The van der Waals surface area contributed by atoms with E-state index >= 15 is 0 Å². The van der Waals surface area contributed by atoms with Crippen LogP contribution in [0.1, 0.15) is 105 Å². The van der Waals surface area contributed by atoms with Crippen LogP contribution in [0, 0.1) is 12.0 Å². The first-order valence-corrected chi connectivity index (χ1v) is 39.7. The van der Waals surface area contributed by atoms with Gasteiger partial charge < -0.3 is 43.8 Å². The number of fused-ring (bicyclic) bond motifs is 8. The van der Waals surface area contributed by atoms with E-state index in [1.807, 2.05) is 137 Å². The number of benzene rings is 4. The van der Waals surface area contributed by atoms with E-state index in [-0.39, 0.29) is 159 Å². The molecule has 520 valence electrons. The van der Waals surface area contributed by atoms with Crippen molar-refractivity contribution in [2.75, 3.05) is 26.2 Å². The quantitative estimate of drug-likeness (QED) is 0.0328. The number of oxime groups is 2. The van der Waals surface area contributed by atoms with Crippen LogP contribution in [0.5, 0.6) is 0 Å². The fourth-order valence-corrected chi connectivity index (χ4v) is 13.6. The fourth-order valence-electron chi connectivity index (χ4n) is 12.4. The number of hydroxylamine groups is 8. The maximum Gasteiger partial charge on any atom is 1.00 e. The van der Waals surface area contributed by atoms with E-state index in [4.69, 9.17) is 56.8 Å². The Hall–Kier alpha value is -6.57. The fraction of sp³-hybridized carbons (Fsp3) is 0.449. The smallest absolute Gasteiger partial charge is 1.00 e. The average Bonchev–Trinajstić information content (AvgIpc) is 1.60. The van der Waals surface area contributed by atoms with Gasteiger partial charge in [0.1, 0.15) is 65.6 Å². The number of halogens is 2. The van der Waals surface area contributed by atoms with Gasteiger partial charge in [0.05, 0.1) is 54.5 Å². The van der Waals surface area contributed by atoms with Gasteiger partial charge in [-0.2, -0.15) is 20.3 Å². The summed E-state index contributed by atoms with van der Waals surface area (Å²) in [6.07, 6.45) is 14.8. The molecule has 0 radical (unpaired) electrons. The van der Waals surface area contributed by atoms with E-state index in [1.54, 1.807) is 21.1 Å². The van der Waals surface area contributed by atoms with Gasteiger partial charge in [-0.25, -0.2) is 19.2 Å². The summed E-state index contributed by atoms with van der Waals surface area (Å²) in [5.74, 6) is 0. The van der Waals surface area contributed by atoms with Gasteiger partial charge in [0.2, 0.25) is 0 Å². The summed E-state index contributed by atoms with van der Waals surface area (Å²) >= 11 is 5.87. The van der Waals surface area contributed by atoms with Gasteiger partial charge in [-0.1, -0.05) is 200 Å². The standard InChI is InChI=1S/C19H25N3O3Si.C16H17N3O3.C14H16ClN3O3.C14H17N3O3.C5H10Si.CH4.Cs.FH/c1-26(2,3)18-11-16(20-25-18)17-10-9-15-12-21(17)19(23)22(15)24-13-14-7-5-4-6-8-14;20-16-18-10-13(6-7-15(18)14-8-9-21-17-14)19(16)22-11-12-4-2-1-3-5-12;15-13(16-20)12-7-6-11-8-17(12)14(19)18(11)21-9-10-4-2-1-3-5-10;18-14-16-9-13(7-6-12(16)8-15-19)17(14)20-10-11-4-2-1-3-5-11;1-5-6(2,3)4;;;/h4-8,11,15,17H,9-10,12-13H2,1-3H3;1-5,8-9,13,15H,6-7,10-11H2;1-5,11-12,20H,6-9H2;1-5,8,12-13,19H,6-7,9-10H2;1H,2-4H3;1H4;;1H/q;;;;;;+1;/p-1/b;;16-13-;15-8+;;;;/t15-,17+;13-,15+;11-,12+;12-,13+;;;;/m1110..../s1. The Morgan fingerprint density at radius 2 is 0.929 bits per heavy atom. The van der Waals surface area contributed by atoms with Crippen LogP contribution in [0.3, 0.4) is 0 Å². The van der Waals surface area contributed by atoms with Crippen molar-refractivity contribution in [1.82, 2.24) is 50.2 Å². The number of hydrogen-bond donors (Lipinski definition) is 2. The van der Waals surface area contributed by atoms with Crippen LogP contribution >= 0.6 is 11.6 Å². The Bertz CT molecular complexity index is 3600. The molecule has 6 aromatic rings. The van der Waals surface area contributed by atoms with Gasteiger partial charge in [0.25, 0.3) is 0 Å². The molecule has 2 aromatic heterocycles. The Morgan fingerprint density at radius 3 is 1.30 bits per heavy atom. The monoisotopic (exact) mass is 1520 g/mol. The van der Waals surface area contributed by atoms with Gasteiger partial charge >= 0.3 is 93.0 Å². The van der Waals surface area contributed by atoms with Crippen LogP contribution < -0.4 is 79.0 Å². The summed E-state index contributed by atoms with van der Waals surface area (Å²) in [4.78, 5) is 80.1. The Morgan fingerprint density at radius 1 is 0.561 bits per heavy atom. The van der Waals surface area contributed by atoms with Gasteiger partial charge in [-0.3, -0.25) is 19.4 Å². The summed E-state index contributed by atoms with van der Waals surface area (Å²) in [5.41, 5.74) is 8.59. The van der Waals surface area contributed by atoms with Crippen LogP contribution in [0.2, 0.25) is 39.3 Å². The number of aromatic nitrogens is 2. The molecule has 4 aromatic carbocycles. The summed E-state index contributed by atoms with van der Waals surface area (Å²) in [6, 6.07) is 42.5. The SMILES string of the molecule is C.C#C[Si](C)(C)C.C[Si](C)(C)c1cc([C@@H]2CC[C@@H]3CN2C(=O)N3OCc2ccccc2)no1.O=C1N2C[C@@H](CC[C@H]2/C(Cl)=N/O)N1OCc1ccccc1.O=C1N2C[C@@H](CC[C@H]2/C=N/O)N1OCc1ccccc1.O=C1N2C[C@@H](CC[C@H]2c2ccon2)N1OCc1ccccc1.[Cs+].[F-]. The molecule has 8 aliphatic heterocycles. The molecule has 0 unspecified atom stereocenters. The molecule has 98 heavy (non-hydrogen) atoms. The van der Waals surface area contributed by atoms with E-state index in [9.17, 15) is 19.2 Å². The minimum atomic E-state index is -1.55. The largest absolute Gasteiger partial charge is 1.00 e. The predicted molar refractivity (Wildman–Crippen MR) is 366 cm³/mol. The number of nitrogens with zero attached hydrogens (tertiary/aromatic N) is 12. The van der Waals surface area contributed by atoms with Crippen LogP contribution in [-0.4, -0.2) is 175 Å². The van der Waals surface area contributed by atoms with E-state index < -0.39 is 16.1 Å². The third-order valence-electron chi connectivity index (χ3n) is 17.6. The summed E-state index contributed by atoms with van der Waals surface area (Å²) in [7, 11) is -2.65. The number of carbonyl (C=O) groups is 4. The first kappa shape index (κ1) is 78.8. The number of carbonyl (C=O) groups excluding carboxylic acids is 4. The molecule has 8 aliphatic rings. The van der Waals surface area contributed by atoms with E-state index in [1.165, 1.54) is 21.4 Å². The predicted octanol–water partition coefficient (Wildman–Crippen LogP) is 6.44. The molecule has 0 aliphatic carbocycles. The third kappa shape index (κ3) is 19.9. The molecular formula is C69H89ClCsFN12O12Si2. The van der Waals surface area contributed by atoms with Gasteiger partial charge in [0.15, 0.2) is 5.17 Å². The van der Waals surface area contributed by atoms with Crippen LogP contribution in [0.25, 0.3) is 0 Å². The molecule has 8 amide bonds. The van der Waals surface area contributed by atoms with Crippen LogP contribution in [0.15, 0.2) is 159 Å². The molecule has 0 spiro atoms. The van der Waals surface area contributed by atoms with Crippen molar-refractivity contribution in [3.05, 3.63) is 173 Å². The summed E-state index contributed by atoms with van der Waals surface area (Å²) < 4.78 is 10.5. The van der Waals surface area contributed by atoms with Crippen molar-refractivity contribution in [2.45, 2.75) is 173 Å². The number of rotatable bonds is 17.